The highest BCUT2D eigenvalue weighted by Crippen LogP contribution is 2.36. The van der Waals surface area contributed by atoms with Crippen molar-refractivity contribution in [2.75, 3.05) is 6.61 Å². The highest BCUT2D eigenvalue weighted by Gasteiger charge is 2.20. The van der Waals surface area contributed by atoms with Crippen LogP contribution in [0.2, 0.25) is 0 Å². The molecule has 1 aromatic rings. The largest absolute Gasteiger partial charge is 0.491 e. The molecule has 0 N–H and O–H groups in total. The summed E-state index contributed by atoms with van der Waals surface area (Å²) < 4.78 is 19.9. The van der Waals surface area contributed by atoms with Crippen molar-refractivity contribution in [1.29, 1.82) is 0 Å². The molecule has 0 spiro atoms. The van der Waals surface area contributed by atoms with Crippen LogP contribution in [0.25, 0.3) is 0 Å². The molecule has 0 saturated heterocycles. The Morgan fingerprint density at radius 2 is 1.70 bits per heavy atom. The SMILES string of the molecule is CCCCCCCCOc1ccc(C2CCC(C)CC2)cc1F. The third-order valence-electron chi connectivity index (χ3n) is 5.20. The Hall–Kier alpha value is -1.05. The number of hydrogen-bond acceptors (Lipinski definition) is 1. The van der Waals surface area contributed by atoms with E-state index >= 15 is 0 Å². The fraction of sp³-hybridized carbons (Fsp3) is 0.714. The van der Waals surface area contributed by atoms with Crippen molar-refractivity contribution in [2.45, 2.75) is 84.0 Å². The lowest BCUT2D eigenvalue weighted by atomic mass is 9.79. The Bertz CT molecular complexity index is 449. The van der Waals surface area contributed by atoms with Crippen molar-refractivity contribution in [3.8, 4) is 5.75 Å². The zero-order chi connectivity index (χ0) is 16.5. The number of unbranched alkanes of at least 4 members (excludes halogenated alkanes) is 5. The lowest BCUT2D eigenvalue weighted by molar-refractivity contribution is 0.289. The standard InChI is InChI=1S/C21H33FO/c1-3-4-5-6-7-8-15-23-21-14-13-19(16-20(21)22)18-11-9-17(2)10-12-18/h13-14,16-18H,3-12,15H2,1-2H3. The molecule has 0 radical (unpaired) electrons. The zero-order valence-corrected chi connectivity index (χ0v) is 15.0. The molecule has 0 aliphatic heterocycles. The van der Waals surface area contributed by atoms with Crippen molar-refractivity contribution in [3.63, 3.8) is 0 Å². The Balaban J connectivity index is 1.74. The van der Waals surface area contributed by atoms with E-state index in [-0.39, 0.29) is 5.82 Å². The van der Waals surface area contributed by atoms with Crippen LogP contribution in [0.1, 0.15) is 89.5 Å². The van der Waals surface area contributed by atoms with Crippen LogP contribution in [0.5, 0.6) is 5.75 Å². The number of ether oxygens (including phenoxy) is 1. The second-order valence-electron chi connectivity index (χ2n) is 7.26. The van der Waals surface area contributed by atoms with Crippen LogP contribution in [0, 0.1) is 11.7 Å². The van der Waals surface area contributed by atoms with Gasteiger partial charge < -0.3 is 4.74 Å². The molecular formula is C21H33FO. The quantitative estimate of drug-likeness (QED) is 0.452. The minimum absolute atomic E-state index is 0.188. The first-order valence-corrected chi connectivity index (χ1v) is 9.63. The van der Waals surface area contributed by atoms with Crippen molar-refractivity contribution < 1.29 is 9.13 Å². The van der Waals surface area contributed by atoms with E-state index in [4.69, 9.17) is 4.74 Å². The molecule has 0 aromatic heterocycles. The van der Waals surface area contributed by atoms with E-state index in [1.165, 1.54) is 57.8 Å². The molecule has 23 heavy (non-hydrogen) atoms. The number of halogens is 1. The van der Waals surface area contributed by atoms with E-state index in [9.17, 15) is 4.39 Å². The van der Waals surface area contributed by atoms with Crippen LogP contribution in [-0.2, 0) is 0 Å². The Morgan fingerprint density at radius 3 is 2.39 bits per heavy atom. The minimum atomic E-state index is -0.188. The van der Waals surface area contributed by atoms with Gasteiger partial charge >= 0.3 is 0 Å². The summed E-state index contributed by atoms with van der Waals surface area (Å²) in [6, 6.07) is 5.61. The summed E-state index contributed by atoms with van der Waals surface area (Å²) in [4.78, 5) is 0. The Morgan fingerprint density at radius 1 is 1.00 bits per heavy atom. The minimum Gasteiger partial charge on any atom is -0.491 e. The fourth-order valence-electron chi connectivity index (χ4n) is 3.55. The molecule has 1 aliphatic carbocycles. The van der Waals surface area contributed by atoms with Crippen molar-refractivity contribution in [3.05, 3.63) is 29.6 Å². The molecule has 2 rings (SSSR count). The van der Waals surface area contributed by atoms with Gasteiger partial charge in [0.15, 0.2) is 11.6 Å². The van der Waals surface area contributed by atoms with Crippen LogP contribution in [0.3, 0.4) is 0 Å². The lowest BCUT2D eigenvalue weighted by Gasteiger charge is -2.26. The van der Waals surface area contributed by atoms with E-state index in [0.29, 0.717) is 18.3 Å². The van der Waals surface area contributed by atoms with E-state index < -0.39 is 0 Å². The number of benzene rings is 1. The van der Waals surface area contributed by atoms with Crippen molar-refractivity contribution >= 4 is 0 Å². The molecule has 0 atom stereocenters. The average molecular weight is 320 g/mol. The molecule has 0 heterocycles. The van der Waals surface area contributed by atoms with Crippen LogP contribution in [0.4, 0.5) is 4.39 Å². The molecular weight excluding hydrogens is 287 g/mol. The summed E-state index contributed by atoms with van der Waals surface area (Å²) in [5.74, 6) is 1.60. The first kappa shape index (κ1) is 18.3. The first-order valence-electron chi connectivity index (χ1n) is 9.63. The molecule has 1 nitrogen and oxygen atoms in total. The normalized spacial score (nSPS) is 21.3. The third-order valence-corrected chi connectivity index (χ3v) is 5.20. The van der Waals surface area contributed by atoms with Gasteiger partial charge in [0.2, 0.25) is 0 Å². The lowest BCUT2D eigenvalue weighted by Crippen LogP contribution is -2.11. The van der Waals surface area contributed by atoms with Crippen LogP contribution in [-0.4, -0.2) is 6.61 Å². The predicted octanol–water partition coefficient (Wildman–Crippen LogP) is 6.86. The van der Waals surface area contributed by atoms with Crippen LogP contribution < -0.4 is 4.74 Å². The van der Waals surface area contributed by atoms with Gasteiger partial charge in [0.1, 0.15) is 0 Å². The van der Waals surface area contributed by atoms with Crippen molar-refractivity contribution in [1.82, 2.24) is 0 Å². The van der Waals surface area contributed by atoms with Gasteiger partial charge in [-0.3, -0.25) is 0 Å². The second-order valence-corrected chi connectivity index (χ2v) is 7.26. The van der Waals surface area contributed by atoms with Gasteiger partial charge in [-0.2, -0.15) is 0 Å². The summed E-state index contributed by atoms with van der Waals surface area (Å²) in [7, 11) is 0. The first-order chi connectivity index (χ1) is 11.2. The van der Waals surface area contributed by atoms with Crippen LogP contribution >= 0.6 is 0 Å². The smallest absolute Gasteiger partial charge is 0.165 e. The molecule has 0 amide bonds. The Labute approximate surface area is 141 Å². The summed E-state index contributed by atoms with van der Waals surface area (Å²) in [5, 5.41) is 0. The van der Waals surface area contributed by atoms with E-state index in [1.807, 2.05) is 6.07 Å². The second kappa shape index (κ2) is 9.95. The molecule has 1 fully saturated rings. The molecule has 1 aliphatic rings. The summed E-state index contributed by atoms with van der Waals surface area (Å²) >= 11 is 0. The summed E-state index contributed by atoms with van der Waals surface area (Å²) in [6.07, 6.45) is 12.3. The topological polar surface area (TPSA) is 9.23 Å². The predicted molar refractivity (Wildman–Crippen MR) is 95.6 cm³/mol. The number of hydrogen-bond donors (Lipinski definition) is 0. The van der Waals surface area contributed by atoms with Gasteiger partial charge in [0, 0.05) is 0 Å². The zero-order valence-electron chi connectivity index (χ0n) is 15.0. The van der Waals surface area contributed by atoms with Crippen molar-refractivity contribution in [2.24, 2.45) is 5.92 Å². The van der Waals surface area contributed by atoms with Gasteiger partial charge in [-0.15, -0.1) is 0 Å². The number of rotatable bonds is 9. The summed E-state index contributed by atoms with van der Waals surface area (Å²) in [5.41, 5.74) is 1.15. The van der Waals surface area contributed by atoms with Gasteiger partial charge in [0.25, 0.3) is 0 Å². The van der Waals surface area contributed by atoms with Gasteiger partial charge in [0.05, 0.1) is 6.61 Å². The maximum atomic E-state index is 14.2. The van der Waals surface area contributed by atoms with Gasteiger partial charge in [-0.1, -0.05) is 64.9 Å². The van der Waals surface area contributed by atoms with E-state index in [0.717, 1.165) is 17.9 Å². The van der Waals surface area contributed by atoms with Crippen LogP contribution in [0.15, 0.2) is 18.2 Å². The molecule has 1 saturated carbocycles. The Kier molecular flexibility index (Phi) is 7.91. The van der Waals surface area contributed by atoms with Gasteiger partial charge in [-0.25, -0.2) is 4.39 Å². The maximum absolute atomic E-state index is 14.2. The fourth-order valence-corrected chi connectivity index (χ4v) is 3.55. The molecule has 0 unspecified atom stereocenters. The molecule has 130 valence electrons. The summed E-state index contributed by atoms with van der Waals surface area (Å²) in [6.45, 7) is 5.17. The average Bonchev–Trinajstić information content (AvgIpc) is 2.56. The highest BCUT2D eigenvalue weighted by molar-refractivity contribution is 5.31. The van der Waals surface area contributed by atoms with E-state index in [1.54, 1.807) is 6.07 Å². The molecule has 2 heteroatoms. The molecule has 1 aromatic carbocycles. The van der Waals surface area contributed by atoms with Gasteiger partial charge in [-0.05, 0) is 48.8 Å². The third kappa shape index (κ3) is 6.16. The molecule has 0 bridgehead atoms. The monoisotopic (exact) mass is 320 g/mol. The van der Waals surface area contributed by atoms with E-state index in [2.05, 4.69) is 19.9 Å². The highest BCUT2D eigenvalue weighted by atomic mass is 19.1. The maximum Gasteiger partial charge on any atom is 0.165 e.